The van der Waals surface area contributed by atoms with E-state index < -0.39 is 6.10 Å². The van der Waals surface area contributed by atoms with Crippen LogP contribution in [0.1, 0.15) is 47.7 Å². The maximum absolute atomic E-state index is 12.9. The number of carbonyl (C=O) groups excluding carboxylic acids is 1. The van der Waals surface area contributed by atoms with Gasteiger partial charge in [0.25, 0.3) is 5.91 Å². The van der Waals surface area contributed by atoms with Gasteiger partial charge >= 0.3 is 0 Å². The summed E-state index contributed by atoms with van der Waals surface area (Å²) in [5, 5.41) is 10.5. The van der Waals surface area contributed by atoms with E-state index in [-0.39, 0.29) is 11.3 Å². The molecule has 3 heterocycles. The number of aromatic nitrogens is 1. The molecule has 2 aromatic rings. The lowest BCUT2D eigenvalue weighted by Gasteiger charge is -2.49. The largest absolute Gasteiger partial charge is 0.391 e. The maximum atomic E-state index is 12.9. The SMILES string of the molecule is CCc1ccccc1CN1CCC2(CC1)CC(O)CN(C(=O)c1cccnc1)C2. The highest BCUT2D eigenvalue weighted by molar-refractivity contribution is 5.94. The molecule has 2 fully saturated rings. The van der Waals surface area contributed by atoms with Crippen LogP contribution in [0.5, 0.6) is 0 Å². The Morgan fingerprint density at radius 1 is 1.17 bits per heavy atom. The minimum Gasteiger partial charge on any atom is -0.391 e. The second-order valence-corrected chi connectivity index (χ2v) is 8.68. The van der Waals surface area contributed by atoms with Crippen LogP contribution >= 0.6 is 0 Å². The number of pyridine rings is 1. The number of nitrogens with zero attached hydrogens (tertiary/aromatic N) is 3. The average molecular weight is 394 g/mol. The molecular weight excluding hydrogens is 362 g/mol. The third kappa shape index (κ3) is 4.51. The van der Waals surface area contributed by atoms with E-state index in [2.05, 4.69) is 41.1 Å². The summed E-state index contributed by atoms with van der Waals surface area (Å²) in [6, 6.07) is 12.3. The van der Waals surface area contributed by atoms with Crippen LogP contribution in [0.2, 0.25) is 0 Å². The number of likely N-dealkylation sites (tertiary alicyclic amines) is 2. The molecule has 1 aromatic carbocycles. The Labute approximate surface area is 173 Å². The summed E-state index contributed by atoms with van der Waals surface area (Å²) in [4.78, 5) is 21.3. The molecule has 1 amide bonds. The number of hydrogen-bond acceptors (Lipinski definition) is 4. The molecule has 0 radical (unpaired) electrons. The lowest BCUT2D eigenvalue weighted by Crippen LogP contribution is -2.55. The van der Waals surface area contributed by atoms with Gasteiger partial charge in [-0.1, -0.05) is 31.2 Å². The second-order valence-electron chi connectivity index (χ2n) is 8.68. The fourth-order valence-electron chi connectivity index (χ4n) is 5.02. The number of rotatable bonds is 4. The molecule has 0 bridgehead atoms. The number of β-amino-alcohol motifs (C(OH)–C–C–N with tert-alkyl or cyclic N) is 1. The molecule has 1 atom stereocenters. The number of hydrogen-bond donors (Lipinski definition) is 1. The van der Waals surface area contributed by atoms with Gasteiger partial charge in [-0.15, -0.1) is 0 Å². The van der Waals surface area contributed by atoms with E-state index in [1.165, 1.54) is 11.1 Å². The highest BCUT2D eigenvalue weighted by Gasteiger charge is 2.43. The molecule has 0 saturated carbocycles. The average Bonchev–Trinajstić information content (AvgIpc) is 2.75. The topological polar surface area (TPSA) is 56.7 Å². The van der Waals surface area contributed by atoms with Gasteiger partial charge < -0.3 is 10.0 Å². The van der Waals surface area contributed by atoms with E-state index >= 15 is 0 Å². The maximum Gasteiger partial charge on any atom is 0.255 e. The van der Waals surface area contributed by atoms with Crippen molar-refractivity contribution in [3.05, 3.63) is 65.5 Å². The predicted octanol–water partition coefficient (Wildman–Crippen LogP) is 3.13. The molecule has 4 rings (SSSR count). The first-order chi connectivity index (χ1) is 14.1. The van der Waals surface area contributed by atoms with Crippen molar-refractivity contribution in [1.82, 2.24) is 14.8 Å². The van der Waals surface area contributed by atoms with Gasteiger partial charge in [0, 0.05) is 32.0 Å². The van der Waals surface area contributed by atoms with Gasteiger partial charge in [-0.25, -0.2) is 0 Å². The van der Waals surface area contributed by atoms with Gasteiger partial charge in [-0.05, 0) is 67.4 Å². The number of piperidine rings is 2. The van der Waals surface area contributed by atoms with Crippen LogP contribution < -0.4 is 0 Å². The van der Waals surface area contributed by atoms with Gasteiger partial charge in [0.05, 0.1) is 11.7 Å². The fraction of sp³-hybridized carbons (Fsp3) is 0.500. The molecule has 154 valence electrons. The third-order valence-electron chi connectivity index (χ3n) is 6.63. The molecule has 2 aliphatic heterocycles. The molecule has 5 nitrogen and oxygen atoms in total. The van der Waals surface area contributed by atoms with Crippen molar-refractivity contribution in [3.63, 3.8) is 0 Å². The molecule has 1 N–H and O–H groups in total. The number of aliphatic hydroxyl groups is 1. The van der Waals surface area contributed by atoms with Gasteiger partial charge in [0.15, 0.2) is 0 Å². The van der Waals surface area contributed by atoms with Gasteiger partial charge in [-0.2, -0.15) is 0 Å². The molecule has 29 heavy (non-hydrogen) atoms. The van der Waals surface area contributed by atoms with Crippen LogP contribution in [-0.4, -0.2) is 58.1 Å². The summed E-state index contributed by atoms with van der Waals surface area (Å²) in [7, 11) is 0. The monoisotopic (exact) mass is 393 g/mol. The normalized spacial score (nSPS) is 22.0. The zero-order chi connectivity index (χ0) is 20.3. The fourth-order valence-corrected chi connectivity index (χ4v) is 5.02. The van der Waals surface area contributed by atoms with Crippen molar-refractivity contribution < 1.29 is 9.90 Å². The zero-order valence-corrected chi connectivity index (χ0v) is 17.3. The first-order valence-corrected chi connectivity index (χ1v) is 10.7. The van der Waals surface area contributed by atoms with Gasteiger partial charge in [0.2, 0.25) is 0 Å². The summed E-state index contributed by atoms with van der Waals surface area (Å²) >= 11 is 0. The van der Waals surface area contributed by atoms with E-state index in [4.69, 9.17) is 0 Å². The van der Waals surface area contributed by atoms with Crippen LogP contribution in [0.15, 0.2) is 48.8 Å². The Balaban J connectivity index is 1.41. The lowest BCUT2D eigenvalue weighted by molar-refractivity contribution is -0.0337. The molecule has 2 aliphatic rings. The Morgan fingerprint density at radius 2 is 1.93 bits per heavy atom. The Bertz CT molecular complexity index is 831. The second kappa shape index (κ2) is 8.64. The van der Waals surface area contributed by atoms with E-state index in [0.717, 1.165) is 51.9 Å². The minimum atomic E-state index is -0.447. The molecule has 0 aliphatic carbocycles. The molecule has 1 aromatic heterocycles. The molecule has 1 unspecified atom stereocenters. The van der Waals surface area contributed by atoms with E-state index in [0.29, 0.717) is 12.1 Å². The van der Waals surface area contributed by atoms with Crippen molar-refractivity contribution in [2.45, 2.75) is 45.3 Å². The minimum absolute atomic E-state index is 0.0180. The lowest BCUT2D eigenvalue weighted by atomic mass is 9.71. The van der Waals surface area contributed by atoms with Crippen molar-refractivity contribution in [1.29, 1.82) is 0 Å². The third-order valence-corrected chi connectivity index (χ3v) is 6.63. The number of aryl methyl sites for hydroxylation is 1. The highest BCUT2D eigenvalue weighted by atomic mass is 16.3. The first-order valence-electron chi connectivity index (χ1n) is 10.7. The zero-order valence-electron chi connectivity index (χ0n) is 17.3. The summed E-state index contributed by atoms with van der Waals surface area (Å²) in [5.41, 5.74) is 3.47. The van der Waals surface area contributed by atoms with Crippen molar-refractivity contribution in [3.8, 4) is 0 Å². The van der Waals surface area contributed by atoms with E-state index in [1.54, 1.807) is 24.5 Å². The Kier molecular flexibility index (Phi) is 5.97. The van der Waals surface area contributed by atoms with Crippen molar-refractivity contribution in [2.75, 3.05) is 26.2 Å². The van der Waals surface area contributed by atoms with Crippen molar-refractivity contribution >= 4 is 5.91 Å². The first kappa shape index (κ1) is 20.0. The van der Waals surface area contributed by atoms with Crippen LogP contribution in [0.4, 0.5) is 0 Å². The number of aliphatic hydroxyl groups excluding tert-OH is 1. The summed E-state index contributed by atoms with van der Waals surface area (Å²) in [6.45, 7) is 6.38. The summed E-state index contributed by atoms with van der Waals surface area (Å²) in [6.07, 6.45) is 6.75. The molecule has 5 heteroatoms. The number of benzene rings is 1. The molecule has 2 saturated heterocycles. The highest BCUT2D eigenvalue weighted by Crippen LogP contribution is 2.40. The van der Waals surface area contributed by atoms with Gasteiger partial charge in [-0.3, -0.25) is 14.7 Å². The summed E-state index contributed by atoms with van der Waals surface area (Å²) < 4.78 is 0. The predicted molar refractivity (Wildman–Crippen MR) is 114 cm³/mol. The van der Waals surface area contributed by atoms with Crippen LogP contribution in [0.3, 0.4) is 0 Å². The van der Waals surface area contributed by atoms with Gasteiger partial charge in [0.1, 0.15) is 0 Å². The number of amides is 1. The van der Waals surface area contributed by atoms with Crippen LogP contribution in [-0.2, 0) is 13.0 Å². The van der Waals surface area contributed by atoms with E-state index in [9.17, 15) is 9.90 Å². The molecule has 1 spiro atoms. The van der Waals surface area contributed by atoms with Crippen LogP contribution in [0, 0.1) is 5.41 Å². The number of carbonyl (C=O) groups is 1. The van der Waals surface area contributed by atoms with E-state index in [1.807, 2.05) is 4.90 Å². The van der Waals surface area contributed by atoms with Crippen molar-refractivity contribution in [2.24, 2.45) is 5.41 Å². The van der Waals surface area contributed by atoms with Crippen LogP contribution in [0.25, 0.3) is 0 Å². The summed E-state index contributed by atoms with van der Waals surface area (Å²) in [5.74, 6) is -0.0180. The molecular formula is C24H31N3O2. The Morgan fingerprint density at radius 3 is 2.62 bits per heavy atom. The smallest absolute Gasteiger partial charge is 0.255 e. The quantitative estimate of drug-likeness (QED) is 0.867. The Hall–Kier alpha value is -2.24. The standard InChI is InChI=1S/C24H31N3O2/c1-2-19-6-3-4-7-21(19)16-26-12-9-24(10-13-26)14-22(28)17-27(18-24)23(29)20-8-5-11-25-15-20/h3-8,11,15,22,28H,2,9-10,12-14,16-18H2,1H3.